The predicted molar refractivity (Wildman–Crippen MR) is 91.2 cm³/mol. The van der Waals surface area contributed by atoms with Crippen molar-refractivity contribution >= 4 is 17.6 Å². The molecule has 2 heterocycles. The Balaban J connectivity index is 1.90. The van der Waals surface area contributed by atoms with E-state index < -0.39 is 5.41 Å². The highest BCUT2D eigenvalue weighted by Gasteiger charge is 2.38. The van der Waals surface area contributed by atoms with E-state index in [0.717, 1.165) is 12.8 Å². The second-order valence-electron chi connectivity index (χ2n) is 6.57. The van der Waals surface area contributed by atoms with Crippen LogP contribution in [0.15, 0.2) is 10.6 Å². The Morgan fingerprint density at radius 2 is 2.00 bits per heavy atom. The Labute approximate surface area is 142 Å². The molecule has 134 valence electrons. The second-order valence-corrected chi connectivity index (χ2v) is 6.57. The zero-order valence-electron chi connectivity index (χ0n) is 14.8. The van der Waals surface area contributed by atoms with Crippen molar-refractivity contribution in [2.75, 3.05) is 25.0 Å². The number of hydrogen-bond donors (Lipinski definition) is 2. The van der Waals surface area contributed by atoms with Crippen molar-refractivity contribution in [3.8, 4) is 0 Å². The lowest BCUT2D eigenvalue weighted by atomic mass is 9.80. The van der Waals surface area contributed by atoms with Crippen molar-refractivity contribution in [2.45, 2.75) is 46.5 Å². The molecule has 7 nitrogen and oxygen atoms in total. The molecule has 24 heavy (non-hydrogen) atoms. The summed E-state index contributed by atoms with van der Waals surface area (Å²) in [5.41, 5.74) is 5.41. The Hall–Kier alpha value is -1.89. The molecule has 0 radical (unpaired) electrons. The van der Waals surface area contributed by atoms with Gasteiger partial charge in [-0.05, 0) is 32.6 Å². The van der Waals surface area contributed by atoms with Crippen molar-refractivity contribution in [1.29, 1.82) is 0 Å². The first-order valence-corrected chi connectivity index (χ1v) is 8.69. The van der Waals surface area contributed by atoms with Crippen molar-refractivity contribution in [3.63, 3.8) is 0 Å². The molecule has 0 saturated carbocycles. The fourth-order valence-electron chi connectivity index (χ4n) is 3.26. The van der Waals surface area contributed by atoms with Crippen molar-refractivity contribution in [3.05, 3.63) is 11.8 Å². The molecule has 0 atom stereocenters. The van der Waals surface area contributed by atoms with Crippen molar-refractivity contribution < 1.29 is 14.1 Å². The average molecular weight is 336 g/mol. The molecule has 0 unspecified atom stereocenters. The number of carbonyl (C=O) groups excluding carboxylic acids is 2. The number of amides is 2. The molecule has 1 aromatic rings. The maximum absolute atomic E-state index is 12.8. The smallest absolute Gasteiger partial charge is 0.230 e. The van der Waals surface area contributed by atoms with Crippen molar-refractivity contribution in [2.24, 2.45) is 17.1 Å². The molecule has 3 N–H and O–H groups in total. The van der Waals surface area contributed by atoms with E-state index in [1.807, 2.05) is 18.7 Å². The minimum absolute atomic E-state index is 0.0635. The van der Waals surface area contributed by atoms with Crippen LogP contribution in [0.2, 0.25) is 0 Å². The molecule has 0 aliphatic carbocycles. The number of aromatic nitrogens is 1. The summed E-state index contributed by atoms with van der Waals surface area (Å²) in [5, 5.41) is 6.55. The van der Waals surface area contributed by atoms with Crippen molar-refractivity contribution in [1.82, 2.24) is 10.1 Å². The minimum Gasteiger partial charge on any atom is -0.360 e. The van der Waals surface area contributed by atoms with Gasteiger partial charge in [0.1, 0.15) is 5.76 Å². The van der Waals surface area contributed by atoms with E-state index in [2.05, 4.69) is 10.5 Å². The average Bonchev–Trinajstić information content (AvgIpc) is 3.01. The SMILES string of the molecule is CCC(CC)(CN)C(=O)N1CCC(C(=O)Nc2cc(C)on2)CC1. The molecular weight excluding hydrogens is 308 g/mol. The van der Waals surface area contributed by atoms with Crippen LogP contribution >= 0.6 is 0 Å². The van der Waals surface area contributed by atoms with Crippen LogP contribution in [0.25, 0.3) is 0 Å². The molecule has 0 bridgehead atoms. The van der Waals surface area contributed by atoms with E-state index in [9.17, 15) is 9.59 Å². The highest BCUT2D eigenvalue weighted by molar-refractivity contribution is 5.92. The summed E-state index contributed by atoms with van der Waals surface area (Å²) in [6.45, 7) is 7.35. The number of nitrogens with one attached hydrogen (secondary N) is 1. The number of anilines is 1. The van der Waals surface area contributed by atoms with E-state index >= 15 is 0 Å². The van der Waals surface area contributed by atoms with Gasteiger partial charge in [0.2, 0.25) is 11.8 Å². The van der Waals surface area contributed by atoms with E-state index in [1.54, 1.807) is 13.0 Å². The van der Waals surface area contributed by atoms with Crippen LogP contribution < -0.4 is 11.1 Å². The quantitative estimate of drug-likeness (QED) is 0.826. The summed E-state index contributed by atoms with van der Waals surface area (Å²) in [6, 6.07) is 1.69. The molecule has 0 aromatic carbocycles. The number of carbonyl (C=O) groups is 2. The lowest BCUT2D eigenvalue weighted by Crippen LogP contribution is -2.50. The zero-order chi connectivity index (χ0) is 17.7. The highest BCUT2D eigenvalue weighted by Crippen LogP contribution is 2.30. The zero-order valence-corrected chi connectivity index (χ0v) is 14.8. The molecule has 1 fully saturated rings. The third-order valence-corrected chi connectivity index (χ3v) is 5.23. The van der Waals surface area contributed by atoms with Crippen LogP contribution in [0.4, 0.5) is 5.82 Å². The van der Waals surface area contributed by atoms with Crippen LogP contribution in [-0.2, 0) is 9.59 Å². The fraction of sp³-hybridized carbons (Fsp3) is 0.706. The van der Waals surface area contributed by atoms with Crippen LogP contribution in [0.3, 0.4) is 0 Å². The van der Waals surface area contributed by atoms with Gasteiger partial charge in [0.15, 0.2) is 5.82 Å². The number of nitrogens with zero attached hydrogens (tertiary/aromatic N) is 2. The predicted octanol–water partition coefficient (Wildman–Crippen LogP) is 1.93. The van der Waals surface area contributed by atoms with Crippen LogP contribution in [0.5, 0.6) is 0 Å². The molecule has 1 aromatic heterocycles. The highest BCUT2D eigenvalue weighted by atomic mass is 16.5. The number of aryl methyl sites for hydroxylation is 1. The minimum atomic E-state index is -0.465. The van der Waals surface area contributed by atoms with Gasteiger partial charge in [-0.15, -0.1) is 0 Å². The number of rotatable bonds is 6. The van der Waals surface area contributed by atoms with E-state index in [4.69, 9.17) is 10.3 Å². The Kier molecular flexibility index (Phi) is 5.99. The summed E-state index contributed by atoms with van der Waals surface area (Å²) in [4.78, 5) is 27.0. The van der Waals surface area contributed by atoms with Gasteiger partial charge in [-0.1, -0.05) is 19.0 Å². The normalized spacial score (nSPS) is 16.2. The van der Waals surface area contributed by atoms with Gasteiger partial charge in [0.25, 0.3) is 0 Å². The maximum Gasteiger partial charge on any atom is 0.230 e. The molecule has 2 rings (SSSR count). The summed E-state index contributed by atoms with van der Waals surface area (Å²) in [7, 11) is 0. The van der Waals surface area contributed by atoms with Crippen LogP contribution in [0, 0.1) is 18.3 Å². The van der Waals surface area contributed by atoms with Gasteiger partial charge in [-0.25, -0.2) is 0 Å². The third kappa shape index (κ3) is 3.77. The maximum atomic E-state index is 12.8. The number of piperidine rings is 1. The molecule has 1 aliphatic heterocycles. The van der Waals surface area contributed by atoms with Gasteiger partial charge in [-0.3, -0.25) is 9.59 Å². The number of nitrogens with two attached hydrogens (primary N) is 1. The van der Waals surface area contributed by atoms with Gasteiger partial charge in [-0.2, -0.15) is 0 Å². The van der Waals surface area contributed by atoms with E-state index in [1.165, 1.54) is 0 Å². The summed E-state index contributed by atoms with van der Waals surface area (Å²) < 4.78 is 4.95. The first-order valence-electron chi connectivity index (χ1n) is 8.69. The molecule has 0 spiro atoms. The fourth-order valence-corrected chi connectivity index (χ4v) is 3.26. The summed E-state index contributed by atoms with van der Waals surface area (Å²) in [5.74, 6) is 1.05. The molecule has 2 amide bonds. The summed E-state index contributed by atoms with van der Waals surface area (Å²) in [6.07, 6.45) is 2.79. The first kappa shape index (κ1) is 18.4. The monoisotopic (exact) mass is 336 g/mol. The molecule has 7 heteroatoms. The number of likely N-dealkylation sites (tertiary alicyclic amines) is 1. The lowest BCUT2D eigenvalue weighted by Gasteiger charge is -2.38. The molecule has 1 aliphatic rings. The van der Waals surface area contributed by atoms with Crippen LogP contribution in [0.1, 0.15) is 45.3 Å². The first-order chi connectivity index (χ1) is 11.5. The summed E-state index contributed by atoms with van der Waals surface area (Å²) >= 11 is 0. The van der Waals surface area contributed by atoms with Crippen LogP contribution in [-0.4, -0.2) is 41.5 Å². The van der Waals surface area contributed by atoms with Gasteiger partial charge < -0.3 is 20.5 Å². The third-order valence-electron chi connectivity index (χ3n) is 5.23. The van der Waals surface area contributed by atoms with Gasteiger partial charge in [0, 0.05) is 31.6 Å². The topological polar surface area (TPSA) is 101 Å². The van der Waals surface area contributed by atoms with Gasteiger partial charge in [0.05, 0.1) is 5.41 Å². The lowest BCUT2D eigenvalue weighted by molar-refractivity contribution is -0.144. The standard InChI is InChI=1S/C17H28N4O3/c1-4-17(5-2,11-18)16(23)21-8-6-13(7-9-21)15(22)19-14-10-12(3)24-20-14/h10,13H,4-9,11,18H2,1-3H3,(H,19,20,22). The Bertz CT molecular complexity index is 564. The van der Waals surface area contributed by atoms with E-state index in [-0.39, 0.29) is 17.7 Å². The Morgan fingerprint density at radius 1 is 1.38 bits per heavy atom. The largest absolute Gasteiger partial charge is 0.360 e. The number of hydrogen-bond acceptors (Lipinski definition) is 5. The Morgan fingerprint density at radius 3 is 2.46 bits per heavy atom. The van der Waals surface area contributed by atoms with Gasteiger partial charge >= 0.3 is 0 Å². The molecule has 1 saturated heterocycles. The second kappa shape index (κ2) is 7.79. The van der Waals surface area contributed by atoms with E-state index in [0.29, 0.717) is 44.1 Å². The molecular formula is C17H28N4O3.